The van der Waals surface area contributed by atoms with Crippen molar-refractivity contribution in [3.63, 3.8) is 0 Å². The zero-order chi connectivity index (χ0) is 9.12. The molecule has 0 spiro atoms. The van der Waals surface area contributed by atoms with E-state index >= 15 is 0 Å². The van der Waals surface area contributed by atoms with Gasteiger partial charge in [0.2, 0.25) is 0 Å². The van der Waals surface area contributed by atoms with Crippen LogP contribution in [-0.4, -0.2) is 24.3 Å². The molecule has 0 aromatic rings. The minimum atomic E-state index is -0.259. The zero-order valence-corrected chi connectivity index (χ0v) is 7.98. The molecule has 0 aliphatic rings. The van der Waals surface area contributed by atoms with Crippen LogP contribution in [0, 0.1) is 0 Å². The minimum absolute atomic E-state index is 0.259. The fourth-order valence-electron chi connectivity index (χ4n) is 0.577. The smallest absolute Gasteiger partial charge is 0.0641 e. The van der Waals surface area contributed by atoms with E-state index in [4.69, 9.17) is 16.2 Å². The number of rotatable bonds is 4. The van der Waals surface area contributed by atoms with Crippen molar-refractivity contribution in [2.24, 2.45) is 11.5 Å². The molecule has 4 N–H and O–H groups in total. The lowest BCUT2D eigenvalue weighted by molar-refractivity contribution is 0.0680. The maximum absolute atomic E-state index is 5.70. The number of nitrogens with two attached hydrogens (primary N) is 2. The summed E-state index contributed by atoms with van der Waals surface area (Å²) in [4.78, 5) is 0. The van der Waals surface area contributed by atoms with Crippen molar-refractivity contribution >= 4 is 0 Å². The van der Waals surface area contributed by atoms with Gasteiger partial charge in [0.05, 0.1) is 13.2 Å². The first-order chi connectivity index (χ1) is 4.71. The monoisotopic (exact) mass is 160 g/mol. The molecule has 0 amide bonds. The molecule has 11 heavy (non-hydrogen) atoms. The Morgan fingerprint density at radius 1 is 0.909 bits per heavy atom. The van der Waals surface area contributed by atoms with E-state index in [0.717, 1.165) is 0 Å². The van der Waals surface area contributed by atoms with Gasteiger partial charge in [0.15, 0.2) is 0 Å². The molecule has 0 fully saturated rings. The van der Waals surface area contributed by atoms with E-state index in [-0.39, 0.29) is 11.1 Å². The lowest BCUT2D eigenvalue weighted by atomic mass is 10.1. The summed E-state index contributed by atoms with van der Waals surface area (Å²) in [6.07, 6.45) is 0. The van der Waals surface area contributed by atoms with Gasteiger partial charge in [0, 0.05) is 11.1 Å². The summed E-state index contributed by atoms with van der Waals surface area (Å²) in [5.74, 6) is 0. The fraction of sp³-hybridized carbons (Fsp3) is 1.00. The standard InChI is InChI=1S/C8H20N2O/c1-7(2,9)5-11-6-8(3,4)10/h5-6,9-10H2,1-4H3. The number of hydrogen-bond acceptors (Lipinski definition) is 3. The van der Waals surface area contributed by atoms with Crippen molar-refractivity contribution in [2.45, 2.75) is 38.8 Å². The Morgan fingerprint density at radius 3 is 1.36 bits per heavy atom. The van der Waals surface area contributed by atoms with E-state index in [1.165, 1.54) is 0 Å². The molecule has 0 bridgehead atoms. The summed E-state index contributed by atoms with van der Waals surface area (Å²) in [6, 6.07) is 0. The van der Waals surface area contributed by atoms with Gasteiger partial charge in [-0.05, 0) is 27.7 Å². The normalized spacial score (nSPS) is 13.6. The van der Waals surface area contributed by atoms with Crippen LogP contribution in [0.4, 0.5) is 0 Å². The van der Waals surface area contributed by atoms with Crippen molar-refractivity contribution < 1.29 is 4.74 Å². The molecule has 0 aromatic carbocycles. The average molecular weight is 160 g/mol. The molecule has 0 saturated carbocycles. The molecule has 3 nitrogen and oxygen atoms in total. The van der Waals surface area contributed by atoms with Crippen LogP contribution in [0.5, 0.6) is 0 Å². The summed E-state index contributed by atoms with van der Waals surface area (Å²) in [5.41, 5.74) is 10.9. The van der Waals surface area contributed by atoms with Gasteiger partial charge in [-0.25, -0.2) is 0 Å². The third-order valence-corrected chi connectivity index (χ3v) is 0.948. The quantitative estimate of drug-likeness (QED) is 0.628. The Morgan fingerprint density at radius 2 is 1.18 bits per heavy atom. The molecule has 68 valence electrons. The molecule has 0 rings (SSSR count). The maximum atomic E-state index is 5.70. The molecule has 3 heteroatoms. The number of hydrogen-bond donors (Lipinski definition) is 2. The predicted octanol–water partition coefficient (Wildman–Crippen LogP) is 0.478. The summed E-state index contributed by atoms with van der Waals surface area (Å²) in [7, 11) is 0. The minimum Gasteiger partial charge on any atom is -0.378 e. The van der Waals surface area contributed by atoms with Crippen LogP contribution in [0.2, 0.25) is 0 Å². The van der Waals surface area contributed by atoms with Crippen LogP contribution in [0.15, 0.2) is 0 Å². The van der Waals surface area contributed by atoms with E-state index in [1.807, 2.05) is 27.7 Å². The Hall–Kier alpha value is -0.120. The molecule has 0 unspecified atom stereocenters. The molecule has 0 radical (unpaired) electrons. The van der Waals surface area contributed by atoms with Gasteiger partial charge < -0.3 is 16.2 Å². The third-order valence-electron chi connectivity index (χ3n) is 0.948. The van der Waals surface area contributed by atoms with Crippen molar-refractivity contribution in [1.82, 2.24) is 0 Å². The van der Waals surface area contributed by atoms with Crippen LogP contribution in [0.3, 0.4) is 0 Å². The van der Waals surface area contributed by atoms with Crippen molar-refractivity contribution in [3.05, 3.63) is 0 Å². The van der Waals surface area contributed by atoms with Gasteiger partial charge in [0.1, 0.15) is 0 Å². The van der Waals surface area contributed by atoms with Gasteiger partial charge in [-0.15, -0.1) is 0 Å². The molecular formula is C8H20N2O. The second-order valence-electron chi connectivity index (χ2n) is 4.47. The van der Waals surface area contributed by atoms with Gasteiger partial charge >= 0.3 is 0 Å². The van der Waals surface area contributed by atoms with Crippen LogP contribution < -0.4 is 11.5 Å². The molecule has 0 aromatic heterocycles. The van der Waals surface area contributed by atoms with Crippen molar-refractivity contribution in [1.29, 1.82) is 0 Å². The first-order valence-electron chi connectivity index (χ1n) is 3.86. The Kier molecular flexibility index (Phi) is 3.48. The second-order valence-corrected chi connectivity index (χ2v) is 4.47. The Bertz CT molecular complexity index is 96.2. The lowest BCUT2D eigenvalue weighted by Gasteiger charge is -2.23. The van der Waals surface area contributed by atoms with E-state index in [9.17, 15) is 0 Å². The molecule has 0 aliphatic carbocycles. The highest BCUT2D eigenvalue weighted by molar-refractivity contribution is 4.74. The zero-order valence-electron chi connectivity index (χ0n) is 7.98. The molecular weight excluding hydrogens is 140 g/mol. The molecule has 0 atom stereocenters. The first-order valence-corrected chi connectivity index (χ1v) is 3.86. The fourth-order valence-corrected chi connectivity index (χ4v) is 0.577. The second kappa shape index (κ2) is 3.52. The summed E-state index contributed by atoms with van der Waals surface area (Å²) in [5, 5.41) is 0. The largest absolute Gasteiger partial charge is 0.378 e. The average Bonchev–Trinajstić information content (AvgIpc) is 1.55. The van der Waals surface area contributed by atoms with Crippen LogP contribution in [0.25, 0.3) is 0 Å². The SMILES string of the molecule is CC(C)(N)COCC(C)(C)N. The van der Waals surface area contributed by atoms with Gasteiger partial charge in [-0.2, -0.15) is 0 Å². The first kappa shape index (κ1) is 10.9. The lowest BCUT2D eigenvalue weighted by Crippen LogP contribution is -2.42. The predicted molar refractivity (Wildman–Crippen MR) is 47.4 cm³/mol. The maximum Gasteiger partial charge on any atom is 0.0641 e. The highest BCUT2D eigenvalue weighted by atomic mass is 16.5. The Balaban J connectivity index is 3.44. The van der Waals surface area contributed by atoms with Crippen molar-refractivity contribution in [2.75, 3.05) is 13.2 Å². The summed E-state index contributed by atoms with van der Waals surface area (Å²) in [6.45, 7) is 8.81. The molecule has 0 heterocycles. The van der Waals surface area contributed by atoms with E-state index in [0.29, 0.717) is 13.2 Å². The van der Waals surface area contributed by atoms with Crippen LogP contribution in [0.1, 0.15) is 27.7 Å². The van der Waals surface area contributed by atoms with E-state index in [1.54, 1.807) is 0 Å². The summed E-state index contributed by atoms with van der Waals surface area (Å²) >= 11 is 0. The Labute approximate surface area is 69.1 Å². The van der Waals surface area contributed by atoms with Gasteiger partial charge in [-0.3, -0.25) is 0 Å². The van der Waals surface area contributed by atoms with E-state index in [2.05, 4.69) is 0 Å². The van der Waals surface area contributed by atoms with Crippen LogP contribution in [-0.2, 0) is 4.74 Å². The summed E-state index contributed by atoms with van der Waals surface area (Å²) < 4.78 is 5.31. The van der Waals surface area contributed by atoms with Gasteiger partial charge in [-0.1, -0.05) is 0 Å². The highest BCUT2D eigenvalue weighted by Gasteiger charge is 2.14. The molecule has 0 saturated heterocycles. The molecule has 0 aliphatic heterocycles. The topological polar surface area (TPSA) is 61.3 Å². The highest BCUT2D eigenvalue weighted by Crippen LogP contribution is 2.01. The van der Waals surface area contributed by atoms with E-state index < -0.39 is 0 Å². The van der Waals surface area contributed by atoms with Gasteiger partial charge in [0.25, 0.3) is 0 Å². The third kappa shape index (κ3) is 9.88. The number of ether oxygens (including phenoxy) is 1. The van der Waals surface area contributed by atoms with Crippen LogP contribution >= 0.6 is 0 Å². The van der Waals surface area contributed by atoms with Crippen molar-refractivity contribution in [3.8, 4) is 0 Å².